The van der Waals surface area contributed by atoms with Crippen LogP contribution >= 0.6 is 0 Å². The molecule has 4 heteroatoms. The van der Waals surface area contributed by atoms with E-state index in [4.69, 9.17) is 12.2 Å². The Bertz CT molecular complexity index is 508. The summed E-state index contributed by atoms with van der Waals surface area (Å²) in [6.45, 7) is 0.891. The molecule has 0 aromatic carbocycles. The number of aromatic nitrogens is 3. The number of rotatable bonds is 3. The summed E-state index contributed by atoms with van der Waals surface area (Å²) in [5.41, 5.74) is 8.46. The Balaban J connectivity index is 2.44. The van der Waals surface area contributed by atoms with Gasteiger partial charge >= 0.3 is 0 Å². The van der Waals surface area contributed by atoms with Crippen molar-refractivity contribution in [3.63, 3.8) is 0 Å². The maximum atomic E-state index is 5.67. The fourth-order valence-electron chi connectivity index (χ4n) is 1.53. The van der Waals surface area contributed by atoms with Crippen molar-refractivity contribution in [2.75, 3.05) is 0 Å². The Kier molecular flexibility index (Phi) is 2.99. The zero-order chi connectivity index (χ0) is 11.4. The van der Waals surface area contributed by atoms with E-state index in [0.29, 0.717) is 13.1 Å². The molecule has 0 aliphatic rings. The lowest BCUT2D eigenvalue weighted by molar-refractivity contribution is 0.717. The summed E-state index contributed by atoms with van der Waals surface area (Å²) in [5.74, 6) is 2.54. The van der Waals surface area contributed by atoms with Crippen LogP contribution in [0.1, 0.15) is 5.56 Å². The molecule has 0 aliphatic heterocycles. The van der Waals surface area contributed by atoms with E-state index in [-0.39, 0.29) is 0 Å². The lowest BCUT2D eigenvalue weighted by atomic mass is 10.1. The molecular formula is C12H12N4. The molecule has 0 fully saturated rings. The van der Waals surface area contributed by atoms with Crippen LogP contribution in [0.4, 0.5) is 0 Å². The first-order valence-corrected chi connectivity index (χ1v) is 4.95. The molecule has 0 unspecified atom stereocenters. The van der Waals surface area contributed by atoms with Gasteiger partial charge in [-0.25, -0.2) is 0 Å². The minimum absolute atomic E-state index is 0.439. The molecule has 80 valence electrons. The van der Waals surface area contributed by atoms with Crippen molar-refractivity contribution in [2.24, 2.45) is 5.73 Å². The first-order valence-electron chi connectivity index (χ1n) is 4.95. The van der Waals surface area contributed by atoms with Crippen LogP contribution in [0.3, 0.4) is 0 Å². The third-order valence-corrected chi connectivity index (χ3v) is 2.25. The third kappa shape index (κ3) is 1.95. The highest BCUT2D eigenvalue weighted by Crippen LogP contribution is 2.20. The average Bonchev–Trinajstić information content (AvgIpc) is 2.74. The fourth-order valence-corrected chi connectivity index (χ4v) is 1.53. The number of nitrogens with zero attached hydrogens (tertiary/aromatic N) is 3. The molecule has 0 spiro atoms. The van der Waals surface area contributed by atoms with Crippen molar-refractivity contribution in [1.29, 1.82) is 0 Å². The average molecular weight is 212 g/mol. The van der Waals surface area contributed by atoms with Crippen LogP contribution in [0.25, 0.3) is 11.3 Å². The van der Waals surface area contributed by atoms with Gasteiger partial charge in [-0.1, -0.05) is 5.92 Å². The molecule has 0 bridgehead atoms. The van der Waals surface area contributed by atoms with Gasteiger partial charge in [0, 0.05) is 36.3 Å². The molecule has 2 heterocycles. The van der Waals surface area contributed by atoms with Crippen LogP contribution in [0.15, 0.2) is 30.7 Å². The second-order valence-corrected chi connectivity index (χ2v) is 3.35. The van der Waals surface area contributed by atoms with Crippen LogP contribution in [0, 0.1) is 12.3 Å². The van der Waals surface area contributed by atoms with Crippen LogP contribution in [0.5, 0.6) is 0 Å². The zero-order valence-corrected chi connectivity index (χ0v) is 8.80. The Labute approximate surface area is 94.1 Å². The predicted octanol–water partition coefficient (Wildman–Crippen LogP) is 1.04. The summed E-state index contributed by atoms with van der Waals surface area (Å²) in [7, 11) is 0. The van der Waals surface area contributed by atoms with E-state index < -0.39 is 0 Å². The summed E-state index contributed by atoms with van der Waals surface area (Å²) in [4.78, 5) is 4.06. The standard InChI is InChI=1S/C12H12N4/c1-2-6-16-9-11(7-13)12(15-16)10-4-3-5-14-8-10/h1,3-5,8-9H,6-7,13H2. The SMILES string of the molecule is C#CCn1cc(CN)c(-c2cccnc2)n1. The quantitative estimate of drug-likeness (QED) is 0.773. The summed E-state index contributed by atoms with van der Waals surface area (Å²) in [5, 5.41) is 4.40. The van der Waals surface area contributed by atoms with Crippen LogP contribution < -0.4 is 5.73 Å². The van der Waals surface area contributed by atoms with Crippen molar-refractivity contribution < 1.29 is 0 Å². The van der Waals surface area contributed by atoms with Gasteiger partial charge in [-0.15, -0.1) is 6.42 Å². The van der Waals surface area contributed by atoms with E-state index in [1.807, 2.05) is 18.3 Å². The number of nitrogens with two attached hydrogens (primary N) is 1. The van der Waals surface area contributed by atoms with Gasteiger partial charge in [0.1, 0.15) is 6.54 Å². The molecule has 0 amide bonds. The number of hydrogen-bond donors (Lipinski definition) is 1. The molecular weight excluding hydrogens is 200 g/mol. The van der Waals surface area contributed by atoms with Gasteiger partial charge in [0.2, 0.25) is 0 Å². The minimum Gasteiger partial charge on any atom is -0.326 e. The first kappa shape index (κ1) is 10.4. The molecule has 0 aliphatic carbocycles. The Morgan fingerprint density at radius 3 is 3.00 bits per heavy atom. The van der Waals surface area contributed by atoms with Gasteiger partial charge in [0.05, 0.1) is 5.69 Å². The molecule has 2 rings (SSSR count). The largest absolute Gasteiger partial charge is 0.326 e. The Morgan fingerprint density at radius 2 is 2.38 bits per heavy atom. The second-order valence-electron chi connectivity index (χ2n) is 3.35. The van der Waals surface area contributed by atoms with Crippen molar-refractivity contribution in [3.8, 4) is 23.6 Å². The molecule has 0 atom stereocenters. The highest BCUT2D eigenvalue weighted by molar-refractivity contribution is 5.61. The van der Waals surface area contributed by atoms with Crippen molar-refractivity contribution in [1.82, 2.24) is 14.8 Å². The normalized spacial score (nSPS) is 10.0. The van der Waals surface area contributed by atoms with Crippen molar-refractivity contribution >= 4 is 0 Å². The third-order valence-electron chi connectivity index (χ3n) is 2.25. The van der Waals surface area contributed by atoms with E-state index in [1.165, 1.54) is 0 Å². The minimum atomic E-state index is 0.439. The summed E-state index contributed by atoms with van der Waals surface area (Å²) < 4.78 is 1.71. The van der Waals surface area contributed by atoms with Gasteiger partial charge in [-0.2, -0.15) is 5.10 Å². The highest BCUT2D eigenvalue weighted by atomic mass is 15.3. The molecule has 2 aromatic heterocycles. The maximum absolute atomic E-state index is 5.67. The van der Waals surface area contributed by atoms with E-state index in [0.717, 1.165) is 16.8 Å². The predicted molar refractivity (Wildman–Crippen MR) is 62.2 cm³/mol. The molecule has 2 N–H and O–H groups in total. The molecule has 4 nitrogen and oxygen atoms in total. The lowest BCUT2D eigenvalue weighted by Crippen LogP contribution is -1.96. The van der Waals surface area contributed by atoms with E-state index in [1.54, 1.807) is 17.1 Å². The second kappa shape index (κ2) is 4.60. The molecule has 0 saturated carbocycles. The van der Waals surface area contributed by atoms with Crippen LogP contribution in [0.2, 0.25) is 0 Å². The van der Waals surface area contributed by atoms with E-state index in [2.05, 4.69) is 16.0 Å². The smallest absolute Gasteiger partial charge is 0.101 e. The first-order chi connectivity index (χ1) is 7.85. The topological polar surface area (TPSA) is 56.7 Å². The molecule has 2 aromatic rings. The summed E-state index contributed by atoms with van der Waals surface area (Å²) >= 11 is 0. The van der Waals surface area contributed by atoms with Crippen LogP contribution in [-0.4, -0.2) is 14.8 Å². The van der Waals surface area contributed by atoms with Gasteiger partial charge in [0.25, 0.3) is 0 Å². The van der Waals surface area contributed by atoms with Gasteiger partial charge in [-0.05, 0) is 12.1 Å². The Hall–Kier alpha value is -2.12. The van der Waals surface area contributed by atoms with Crippen molar-refractivity contribution in [3.05, 3.63) is 36.3 Å². The molecule has 0 saturated heterocycles. The highest BCUT2D eigenvalue weighted by Gasteiger charge is 2.09. The monoisotopic (exact) mass is 212 g/mol. The molecule has 0 radical (unpaired) electrons. The lowest BCUT2D eigenvalue weighted by Gasteiger charge is -1.97. The summed E-state index contributed by atoms with van der Waals surface area (Å²) in [6.07, 6.45) is 10.6. The number of hydrogen-bond acceptors (Lipinski definition) is 3. The Morgan fingerprint density at radius 1 is 1.50 bits per heavy atom. The van der Waals surface area contributed by atoms with Crippen molar-refractivity contribution in [2.45, 2.75) is 13.1 Å². The van der Waals surface area contributed by atoms with Gasteiger partial charge < -0.3 is 5.73 Å². The maximum Gasteiger partial charge on any atom is 0.101 e. The zero-order valence-electron chi connectivity index (χ0n) is 8.80. The van der Waals surface area contributed by atoms with E-state index in [9.17, 15) is 0 Å². The molecule has 16 heavy (non-hydrogen) atoms. The van der Waals surface area contributed by atoms with Gasteiger partial charge in [0.15, 0.2) is 0 Å². The number of terminal acetylenes is 1. The number of pyridine rings is 1. The summed E-state index contributed by atoms with van der Waals surface area (Å²) in [6, 6.07) is 3.82. The van der Waals surface area contributed by atoms with Crippen LogP contribution in [-0.2, 0) is 13.1 Å². The van der Waals surface area contributed by atoms with E-state index >= 15 is 0 Å². The van der Waals surface area contributed by atoms with Gasteiger partial charge in [-0.3, -0.25) is 9.67 Å². The fraction of sp³-hybridized carbons (Fsp3) is 0.167.